The van der Waals surface area contributed by atoms with E-state index < -0.39 is 0 Å². The molecule has 0 aromatic rings. The topological polar surface area (TPSA) is 26.3 Å². The number of allylic oxidation sites excluding steroid dienone is 1. The molecule has 0 fully saturated rings. The van der Waals surface area contributed by atoms with Gasteiger partial charge in [-0.2, -0.15) is 0 Å². The van der Waals surface area contributed by atoms with Crippen molar-refractivity contribution < 1.29 is 9.53 Å². The predicted molar refractivity (Wildman–Crippen MR) is 35.8 cm³/mol. The first-order chi connectivity index (χ1) is 4.41. The Morgan fingerprint density at radius 2 is 2.33 bits per heavy atom. The number of hydrogen-bond acceptors (Lipinski definition) is 2. The van der Waals surface area contributed by atoms with E-state index in [2.05, 4.69) is 6.58 Å². The van der Waals surface area contributed by atoms with Crippen LogP contribution in [0.4, 0.5) is 0 Å². The molecule has 0 N–H and O–H groups in total. The van der Waals surface area contributed by atoms with Crippen molar-refractivity contribution in [2.45, 2.75) is 0 Å². The van der Waals surface area contributed by atoms with Gasteiger partial charge in [-0.05, 0) is 6.08 Å². The van der Waals surface area contributed by atoms with Crippen LogP contribution < -0.4 is 0 Å². The fourth-order valence-corrected chi connectivity index (χ4v) is 0.316. The SMILES string of the molecule is C=CCOCC=C[C]=O. The quantitative estimate of drug-likeness (QED) is 0.309. The molecule has 0 aliphatic rings. The molecule has 0 saturated carbocycles. The highest BCUT2D eigenvalue weighted by atomic mass is 16.5. The highest BCUT2D eigenvalue weighted by molar-refractivity contribution is 5.65. The monoisotopic (exact) mass is 125 g/mol. The minimum absolute atomic E-state index is 0.446. The second kappa shape index (κ2) is 7.11. The lowest BCUT2D eigenvalue weighted by Crippen LogP contribution is -1.88. The van der Waals surface area contributed by atoms with E-state index in [-0.39, 0.29) is 0 Å². The Morgan fingerprint density at radius 3 is 2.89 bits per heavy atom. The van der Waals surface area contributed by atoms with Crippen LogP contribution in [0.3, 0.4) is 0 Å². The highest BCUT2D eigenvalue weighted by Gasteiger charge is 1.74. The van der Waals surface area contributed by atoms with Crippen LogP contribution in [0.1, 0.15) is 0 Å². The number of hydrogen-bond donors (Lipinski definition) is 0. The van der Waals surface area contributed by atoms with Crippen LogP contribution in [0.15, 0.2) is 24.8 Å². The zero-order valence-electron chi connectivity index (χ0n) is 5.17. The van der Waals surface area contributed by atoms with Gasteiger partial charge in [0.2, 0.25) is 6.29 Å². The summed E-state index contributed by atoms with van der Waals surface area (Å²) in [5.41, 5.74) is 0. The summed E-state index contributed by atoms with van der Waals surface area (Å²) in [5, 5.41) is 0. The molecule has 0 bridgehead atoms. The molecule has 0 rings (SSSR count). The van der Waals surface area contributed by atoms with Gasteiger partial charge in [-0.15, -0.1) is 6.58 Å². The molecule has 0 aliphatic carbocycles. The highest BCUT2D eigenvalue weighted by Crippen LogP contribution is 1.75. The van der Waals surface area contributed by atoms with Crippen LogP contribution in [0.5, 0.6) is 0 Å². The largest absolute Gasteiger partial charge is 0.373 e. The van der Waals surface area contributed by atoms with Gasteiger partial charge in [0.25, 0.3) is 0 Å². The van der Waals surface area contributed by atoms with E-state index in [0.717, 1.165) is 0 Å². The fourth-order valence-electron chi connectivity index (χ4n) is 0.316. The van der Waals surface area contributed by atoms with Gasteiger partial charge >= 0.3 is 0 Å². The lowest BCUT2D eigenvalue weighted by atomic mass is 10.5. The maximum Gasteiger partial charge on any atom is 0.225 e. The zero-order chi connectivity index (χ0) is 6.95. The minimum atomic E-state index is 0.446. The molecular weight excluding hydrogens is 116 g/mol. The Labute approximate surface area is 54.8 Å². The first kappa shape index (κ1) is 8.11. The van der Waals surface area contributed by atoms with Gasteiger partial charge in [-0.3, -0.25) is 4.79 Å². The molecule has 49 valence electrons. The van der Waals surface area contributed by atoms with E-state index in [1.54, 1.807) is 18.4 Å². The molecule has 0 atom stereocenters. The van der Waals surface area contributed by atoms with E-state index >= 15 is 0 Å². The van der Waals surface area contributed by atoms with E-state index in [9.17, 15) is 4.79 Å². The molecule has 0 heterocycles. The molecule has 0 amide bonds. The molecule has 0 unspecified atom stereocenters. The smallest absolute Gasteiger partial charge is 0.225 e. The van der Waals surface area contributed by atoms with E-state index in [0.29, 0.717) is 13.2 Å². The second-order valence-corrected chi connectivity index (χ2v) is 1.35. The summed E-state index contributed by atoms with van der Waals surface area (Å²) in [4.78, 5) is 9.55. The van der Waals surface area contributed by atoms with Crippen LogP contribution in [0.25, 0.3) is 0 Å². The number of carbonyl (C=O) groups excluding carboxylic acids is 1. The van der Waals surface area contributed by atoms with Gasteiger partial charge in [0.1, 0.15) is 0 Å². The van der Waals surface area contributed by atoms with Crippen molar-refractivity contribution in [2.24, 2.45) is 0 Å². The third-order valence-corrected chi connectivity index (χ3v) is 0.636. The Balaban J connectivity index is 2.98. The molecule has 0 aromatic heterocycles. The third-order valence-electron chi connectivity index (χ3n) is 0.636. The standard InChI is InChI=1S/C7H9O2/c1-2-6-9-7-4-3-5-8/h2-4H,1,6-7H2. The summed E-state index contributed by atoms with van der Waals surface area (Å²) >= 11 is 0. The molecule has 2 heteroatoms. The first-order valence-corrected chi connectivity index (χ1v) is 2.63. The lowest BCUT2D eigenvalue weighted by molar-refractivity contribution is 0.194. The van der Waals surface area contributed by atoms with E-state index in [1.165, 1.54) is 6.08 Å². The van der Waals surface area contributed by atoms with Crippen LogP contribution in [-0.4, -0.2) is 19.5 Å². The molecule has 2 nitrogen and oxygen atoms in total. The van der Waals surface area contributed by atoms with E-state index in [4.69, 9.17) is 4.74 Å². The lowest BCUT2D eigenvalue weighted by Gasteiger charge is -1.90. The number of ether oxygens (including phenoxy) is 1. The predicted octanol–water partition coefficient (Wildman–Crippen LogP) is 0.855. The Bertz CT molecular complexity index is 105. The Hall–Kier alpha value is -0.890. The second-order valence-electron chi connectivity index (χ2n) is 1.35. The summed E-state index contributed by atoms with van der Waals surface area (Å²) in [7, 11) is 0. The molecular formula is C7H9O2. The van der Waals surface area contributed by atoms with E-state index in [1.807, 2.05) is 0 Å². The Kier molecular flexibility index (Phi) is 6.41. The van der Waals surface area contributed by atoms with Gasteiger partial charge in [-0.25, -0.2) is 0 Å². The molecule has 0 aromatic carbocycles. The maximum atomic E-state index is 9.55. The van der Waals surface area contributed by atoms with Crippen molar-refractivity contribution in [3.05, 3.63) is 24.8 Å². The van der Waals surface area contributed by atoms with Gasteiger partial charge in [0.15, 0.2) is 0 Å². The van der Waals surface area contributed by atoms with Crippen LogP contribution in [-0.2, 0) is 9.53 Å². The molecule has 0 aliphatic heterocycles. The van der Waals surface area contributed by atoms with Crippen LogP contribution in [0.2, 0.25) is 0 Å². The molecule has 0 saturated heterocycles. The summed E-state index contributed by atoms with van der Waals surface area (Å²) in [5.74, 6) is 0. The maximum absolute atomic E-state index is 9.55. The Morgan fingerprint density at radius 1 is 1.56 bits per heavy atom. The molecule has 0 spiro atoms. The summed E-state index contributed by atoms with van der Waals surface area (Å²) < 4.78 is 4.90. The van der Waals surface area contributed by atoms with Crippen molar-refractivity contribution >= 4 is 6.29 Å². The van der Waals surface area contributed by atoms with Crippen molar-refractivity contribution in [2.75, 3.05) is 13.2 Å². The first-order valence-electron chi connectivity index (χ1n) is 2.63. The van der Waals surface area contributed by atoms with Crippen molar-refractivity contribution in [3.8, 4) is 0 Å². The molecule has 9 heavy (non-hydrogen) atoms. The third kappa shape index (κ3) is 7.11. The fraction of sp³-hybridized carbons (Fsp3) is 0.286. The minimum Gasteiger partial charge on any atom is -0.373 e. The summed E-state index contributed by atoms with van der Waals surface area (Å²) in [6.07, 6.45) is 6.13. The van der Waals surface area contributed by atoms with Gasteiger partial charge in [-0.1, -0.05) is 12.2 Å². The van der Waals surface area contributed by atoms with Gasteiger partial charge < -0.3 is 4.74 Å². The van der Waals surface area contributed by atoms with Crippen molar-refractivity contribution in [1.82, 2.24) is 0 Å². The average molecular weight is 125 g/mol. The van der Waals surface area contributed by atoms with Crippen molar-refractivity contribution in [3.63, 3.8) is 0 Å². The van der Waals surface area contributed by atoms with Gasteiger partial charge in [0.05, 0.1) is 13.2 Å². The summed E-state index contributed by atoms with van der Waals surface area (Å²) in [6.45, 7) is 4.41. The zero-order valence-corrected chi connectivity index (χ0v) is 5.17. The van der Waals surface area contributed by atoms with Gasteiger partial charge in [0, 0.05) is 0 Å². The van der Waals surface area contributed by atoms with Crippen LogP contribution >= 0.6 is 0 Å². The molecule has 1 radical (unpaired) electrons. The summed E-state index contributed by atoms with van der Waals surface area (Å²) in [6, 6.07) is 0. The van der Waals surface area contributed by atoms with Crippen LogP contribution in [0, 0.1) is 0 Å². The normalized spacial score (nSPS) is 9.78. The van der Waals surface area contributed by atoms with Crippen molar-refractivity contribution in [1.29, 1.82) is 0 Å². The number of rotatable bonds is 5. The average Bonchev–Trinajstić information content (AvgIpc) is 1.89.